The molecule has 2 saturated heterocycles. The van der Waals surface area contributed by atoms with Crippen LogP contribution in [0.4, 0.5) is 4.39 Å². The molecule has 142 valence electrons. The third-order valence-electron chi connectivity index (χ3n) is 6.07. The van der Waals surface area contributed by atoms with Crippen molar-refractivity contribution in [2.75, 3.05) is 6.61 Å². The van der Waals surface area contributed by atoms with E-state index in [1.807, 2.05) is 42.5 Å². The quantitative estimate of drug-likeness (QED) is 0.676. The highest BCUT2D eigenvalue weighted by atomic mass is 19.1. The molecule has 2 aliphatic heterocycles. The molecule has 0 radical (unpaired) electrons. The summed E-state index contributed by atoms with van der Waals surface area (Å²) in [5.41, 5.74) is 0.775. The molecule has 4 nitrogen and oxygen atoms in total. The number of halogens is 1. The van der Waals surface area contributed by atoms with Gasteiger partial charge in [-0.1, -0.05) is 36.4 Å². The molecule has 3 heterocycles. The van der Waals surface area contributed by atoms with E-state index in [0.717, 1.165) is 41.8 Å². The van der Waals surface area contributed by atoms with Crippen LogP contribution in [0.5, 0.6) is 5.88 Å². The molecular formula is C23H21FN2O2. The Morgan fingerprint density at radius 2 is 1.96 bits per heavy atom. The van der Waals surface area contributed by atoms with Crippen LogP contribution in [0.3, 0.4) is 0 Å². The summed E-state index contributed by atoms with van der Waals surface area (Å²) in [5.74, 6) is 0.450. The maximum atomic E-state index is 13.4. The zero-order chi connectivity index (χ0) is 19.1. The molecular weight excluding hydrogens is 355 g/mol. The topological polar surface area (TPSA) is 42.4 Å². The number of carbonyl (C=O) groups is 1. The highest BCUT2D eigenvalue weighted by molar-refractivity contribution is 6.07. The summed E-state index contributed by atoms with van der Waals surface area (Å²) in [7, 11) is 0. The van der Waals surface area contributed by atoms with Gasteiger partial charge in [-0.3, -0.25) is 4.79 Å². The molecule has 1 amide bonds. The lowest BCUT2D eigenvalue weighted by atomic mass is 9.90. The van der Waals surface area contributed by atoms with Crippen molar-refractivity contribution in [3.05, 3.63) is 72.2 Å². The van der Waals surface area contributed by atoms with Gasteiger partial charge in [0.2, 0.25) is 5.88 Å². The fourth-order valence-electron chi connectivity index (χ4n) is 4.80. The molecule has 3 unspecified atom stereocenters. The number of nitrogens with zero attached hydrogens (tertiary/aromatic N) is 2. The van der Waals surface area contributed by atoms with Crippen LogP contribution < -0.4 is 4.74 Å². The Labute approximate surface area is 162 Å². The fraction of sp³-hybridized carbons (Fsp3) is 0.304. The number of pyridine rings is 1. The lowest BCUT2D eigenvalue weighted by molar-refractivity contribution is 0.0712. The van der Waals surface area contributed by atoms with Gasteiger partial charge in [0.25, 0.3) is 5.91 Å². The Hall–Kier alpha value is -2.95. The van der Waals surface area contributed by atoms with Gasteiger partial charge in [-0.2, -0.15) is 0 Å². The van der Waals surface area contributed by atoms with Crippen LogP contribution in [0, 0.1) is 11.7 Å². The molecule has 0 N–H and O–H groups in total. The molecule has 5 rings (SSSR count). The number of hydrogen-bond donors (Lipinski definition) is 0. The smallest absolute Gasteiger partial charge is 0.254 e. The standard InChI is InChI=1S/C23H21FN2O2/c24-17-8-11-22(25-13-17)28-14-16-12-18-9-10-21(16)26(18)23(27)20-7-3-5-15-4-1-2-6-19(15)20/h1-8,11,13,16,18,21H,9-10,12,14H2. The van der Waals surface area contributed by atoms with Crippen LogP contribution in [0.15, 0.2) is 60.8 Å². The van der Waals surface area contributed by atoms with Crippen LogP contribution in [-0.4, -0.2) is 34.5 Å². The lowest BCUT2D eigenvalue weighted by Crippen LogP contribution is -2.37. The van der Waals surface area contributed by atoms with Crippen molar-refractivity contribution >= 4 is 16.7 Å². The minimum absolute atomic E-state index is 0.117. The molecule has 1 aromatic heterocycles. The first-order valence-corrected chi connectivity index (χ1v) is 9.75. The Morgan fingerprint density at radius 3 is 2.82 bits per heavy atom. The number of fused-ring (bicyclic) bond motifs is 3. The highest BCUT2D eigenvalue weighted by Crippen LogP contribution is 2.43. The monoisotopic (exact) mass is 376 g/mol. The lowest BCUT2D eigenvalue weighted by Gasteiger charge is -2.25. The first kappa shape index (κ1) is 17.2. The zero-order valence-electron chi connectivity index (χ0n) is 15.4. The first-order valence-electron chi connectivity index (χ1n) is 9.75. The zero-order valence-corrected chi connectivity index (χ0v) is 15.4. The molecule has 0 aliphatic carbocycles. The second-order valence-corrected chi connectivity index (χ2v) is 7.66. The molecule has 0 spiro atoms. The van der Waals surface area contributed by atoms with E-state index in [2.05, 4.69) is 9.88 Å². The summed E-state index contributed by atoms with van der Waals surface area (Å²) in [6.07, 6.45) is 4.16. The van der Waals surface area contributed by atoms with Crippen molar-refractivity contribution < 1.29 is 13.9 Å². The van der Waals surface area contributed by atoms with Crippen molar-refractivity contribution in [3.8, 4) is 5.88 Å². The van der Waals surface area contributed by atoms with E-state index in [1.165, 1.54) is 6.07 Å². The summed E-state index contributed by atoms with van der Waals surface area (Å²) in [6, 6.07) is 17.3. The minimum atomic E-state index is -0.376. The van der Waals surface area contributed by atoms with Gasteiger partial charge in [0.1, 0.15) is 5.82 Å². The average Bonchev–Trinajstić information content (AvgIpc) is 3.30. The van der Waals surface area contributed by atoms with E-state index in [0.29, 0.717) is 12.5 Å². The summed E-state index contributed by atoms with van der Waals surface area (Å²) in [4.78, 5) is 19.4. The van der Waals surface area contributed by atoms with E-state index in [4.69, 9.17) is 4.74 Å². The number of carbonyl (C=O) groups excluding carboxylic acids is 1. The van der Waals surface area contributed by atoms with Crippen LogP contribution in [0.2, 0.25) is 0 Å². The Kier molecular flexibility index (Phi) is 4.23. The largest absolute Gasteiger partial charge is 0.477 e. The van der Waals surface area contributed by atoms with E-state index in [1.54, 1.807) is 6.07 Å². The van der Waals surface area contributed by atoms with Crippen molar-refractivity contribution in [1.29, 1.82) is 0 Å². The van der Waals surface area contributed by atoms with Crippen LogP contribution >= 0.6 is 0 Å². The van der Waals surface area contributed by atoms with Gasteiger partial charge >= 0.3 is 0 Å². The Bertz CT molecular complexity index is 1020. The molecule has 3 aromatic rings. The molecule has 5 heteroatoms. The molecule has 28 heavy (non-hydrogen) atoms. The van der Waals surface area contributed by atoms with E-state index in [9.17, 15) is 9.18 Å². The summed E-state index contributed by atoms with van der Waals surface area (Å²) in [5, 5.41) is 2.09. The number of amides is 1. The number of benzene rings is 2. The second-order valence-electron chi connectivity index (χ2n) is 7.66. The summed E-state index contributed by atoms with van der Waals surface area (Å²) < 4.78 is 18.8. The molecule has 3 atom stereocenters. The van der Waals surface area contributed by atoms with Gasteiger partial charge in [0, 0.05) is 29.6 Å². The van der Waals surface area contributed by atoms with Gasteiger partial charge in [0.15, 0.2) is 0 Å². The molecule has 2 aromatic carbocycles. The second kappa shape index (κ2) is 6.89. The third-order valence-corrected chi connectivity index (χ3v) is 6.07. The molecule has 2 aliphatic rings. The van der Waals surface area contributed by atoms with Gasteiger partial charge in [0.05, 0.1) is 12.8 Å². The van der Waals surface area contributed by atoms with Gasteiger partial charge in [-0.25, -0.2) is 9.37 Å². The van der Waals surface area contributed by atoms with Crippen LogP contribution in [0.25, 0.3) is 10.8 Å². The highest BCUT2D eigenvalue weighted by Gasteiger charge is 2.48. The van der Waals surface area contributed by atoms with Crippen LogP contribution in [0.1, 0.15) is 29.6 Å². The van der Waals surface area contributed by atoms with E-state index >= 15 is 0 Å². The third kappa shape index (κ3) is 2.91. The maximum absolute atomic E-state index is 13.4. The average molecular weight is 376 g/mol. The number of ether oxygens (including phenoxy) is 1. The molecule has 2 fully saturated rings. The predicted molar refractivity (Wildman–Crippen MR) is 105 cm³/mol. The Balaban J connectivity index is 1.35. The fourth-order valence-corrected chi connectivity index (χ4v) is 4.80. The summed E-state index contributed by atoms with van der Waals surface area (Å²) >= 11 is 0. The van der Waals surface area contributed by atoms with Crippen molar-refractivity contribution in [2.24, 2.45) is 5.92 Å². The van der Waals surface area contributed by atoms with Gasteiger partial charge < -0.3 is 9.64 Å². The van der Waals surface area contributed by atoms with Gasteiger partial charge in [-0.15, -0.1) is 0 Å². The van der Waals surface area contributed by atoms with Crippen LogP contribution in [-0.2, 0) is 0 Å². The maximum Gasteiger partial charge on any atom is 0.254 e. The van der Waals surface area contributed by atoms with Crippen molar-refractivity contribution in [1.82, 2.24) is 9.88 Å². The summed E-state index contributed by atoms with van der Waals surface area (Å²) in [6.45, 7) is 0.499. The van der Waals surface area contributed by atoms with Gasteiger partial charge in [-0.05, 0) is 42.2 Å². The number of hydrogen-bond acceptors (Lipinski definition) is 3. The number of aromatic nitrogens is 1. The van der Waals surface area contributed by atoms with E-state index < -0.39 is 0 Å². The number of rotatable bonds is 4. The normalized spacial score (nSPS) is 23.3. The van der Waals surface area contributed by atoms with Crippen molar-refractivity contribution in [3.63, 3.8) is 0 Å². The minimum Gasteiger partial charge on any atom is -0.477 e. The molecule has 0 saturated carbocycles. The van der Waals surface area contributed by atoms with Crippen molar-refractivity contribution in [2.45, 2.75) is 31.3 Å². The van der Waals surface area contributed by atoms with E-state index in [-0.39, 0.29) is 29.7 Å². The first-order chi connectivity index (χ1) is 13.7. The Morgan fingerprint density at radius 1 is 1.11 bits per heavy atom. The SMILES string of the molecule is O=C(c1cccc2ccccc12)N1C2CCC1C(COc1ccc(F)cn1)C2. The molecule has 2 bridgehead atoms. The predicted octanol–water partition coefficient (Wildman–Crippen LogP) is 4.45.